The number of esters is 1. The molecule has 1 unspecified atom stereocenters. The van der Waals surface area contributed by atoms with Gasteiger partial charge >= 0.3 is 13.8 Å². The zero-order valence-corrected chi connectivity index (χ0v) is 13.1. The number of hydrogen-bond donors (Lipinski definition) is 2. The van der Waals surface area contributed by atoms with Crippen LogP contribution in [0, 0.1) is 0 Å². The Bertz CT molecular complexity index is 351. The largest absolute Gasteiger partial charge is 0.472 e. The van der Waals surface area contributed by atoms with Gasteiger partial charge in [0.15, 0.2) is 0 Å². The van der Waals surface area contributed by atoms with Crippen LogP contribution in [0.1, 0.15) is 58.8 Å². The third kappa shape index (κ3) is 8.48. The maximum atomic E-state index is 11.4. The van der Waals surface area contributed by atoms with Crippen molar-refractivity contribution in [1.29, 1.82) is 0 Å². The quantitative estimate of drug-likeness (QED) is 0.200. The van der Waals surface area contributed by atoms with Crippen molar-refractivity contribution >= 4 is 13.8 Å². The van der Waals surface area contributed by atoms with Crippen LogP contribution in [0.2, 0.25) is 0 Å². The van der Waals surface area contributed by atoms with Crippen LogP contribution in [0.4, 0.5) is 0 Å². The molecular weight excluding hydrogens is 283 g/mol. The maximum Gasteiger partial charge on any atom is 0.472 e. The van der Waals surface area contributed by atoms with E-state index in [1.54, 1.807) is 0 Å². The van der Waals surface area contributed by atoms with E-state index < -0.39 is 19.6 Å². The first-order chi connectivity index (χ1) is 9.28. The summed E-state index contributed by atoms with van der Waals surface area (Å²) in [6.45, 7) is 7.24. The molecule has 6 nitrogen and oxygen atoms in total. The summed E-state index contributed by atoms with van der Waals surface area (Å²) in [4.78, 5) is 29.6. The second kappa shape index (κ2) is 9.29. The number of unbranched alkanes of at least 4 members (excludes halogenated alkanes) is 3. The lowest BCUT2D eigenvalue weighted by Gasteiger charge is -2.33. The second-order valence-corrected chi connectivity index (χ2v) is 5.84. The Kier molecular flexibility index (Phi) is 8.98. The Balaban J connectivity index is 5.08. The Labute approximate surface area is 120 Å². The van der Waals surface area contributed by atoms with Crippen LogP contribution in [-0.4, -0.2) is 21.5 Å². The molecule has 0 aliphatic carbocycles. The fourth-order valence-corrected chi connectivity index (χ4v) is 2.52. The Morgan fingerprint density at radius 3 is 2.20 bits per heavy atom. The van der Waals surface area contributed by atoms with E-state index in [1.807, 2.05) is 13.8 Å². The smallest absolute Gasteiger partial charge is 0.429 e. The van der Waals surface area contributed by atoms with E-state index in [2.05, 4.69) is 6.58 Å². The van der Waals surface area contributed by atoms with Crippen molar-refractivity contribution in [2.45, 2.75) is 64.6 Å². The lowest BCUT2D eigenvalue weighted by molar-refractivity contribution is -0.203. The van der Waals surface area contributed by atoms with Gasteiger partial charge in [-0.25, -0.2) is 13.9 Å². The Morgan fingerprint density at radius 2 is 1.75 bits per heavy atom. The van der Waals surface area contributed by atoms with Gasteiger partial charge in [-0.1, -0.05) is 39.7 Å². The first-order valence-electron chi connectivity index (χ1n) is 6.90. The standard InChI is InChI=1S/C13H25O6P/c1-4-7-9-11-13(10-8-5-2,18-12(14)6-3)19-20(15,16)17/h6H,3-5,7-11H2,1-2H3,(H2,15,16,17). The van der Waals surface area contributed by atoms with E-state index in [1.165, 1.54) is 0 Å². The van der Waals surface area contributed by atoms with Gasteiger partial charge in [-0.15, -0.1) is 0 Å². The Hall–Kier alpha value is -0.680. The normalized spacial score (nSPS) is 14.6. The van der Waals surface area contributed by atoms with Crippen LogP contribution in [0.15, 0.2) is 12.7 Å². The van der Waals surface area contributed by atoms with Gasteiger partial charge in [-0.05, 0) is 12.8 Å². The van der Waals surface area contributed by atoms with E-state index in [-0.39, 0.29) is 12.8 Å². The third-order valence-electron chi connectivity index (χ3n) is 2.81. The summed E-state index contributed by atoms with van der Waals surface area (Å²) in [6, 6.07) is 0. The minimum Gasteiger partial charge on any atom is -0.429 e. The summed E-state index contributed by atoms with van der Waals surface area (Å²) in [6.07, 6.45) is 5.36. The summed E-state index contributed by atoms with van der Waals surface area (Å²) >= 11 is 0. The van der Waals surface area contributed by atoms with Crippen molar-refractivity contribution in [3.05, 3.63) is 12.7 Å². The third-order valence-corrected chi connectivity index (χ3v) is 3.38. The van der Waals surface area contributed by atoms with Crippen molar-refractivity contribution in [2.24, 2.45) is 0 Å². The number of phosphoric ester groups is 1. The minimum absolute atomic E-state index is 0.248. The summed E-state index contributed by atoms with van der Waals surface area (Å²) in [7, 11) is -4.75. The lowest BCUT2D eigenvalue weighted by atomic mass is 10.0. The molecular formula is C13H25O6P. The molecule has 0 saturated heterocycles. The zero-order chi connectivity index (χ0) is 15.6. The van der Waals surface area contributed by atoms with Crippen LogP contribution in [0.3, 0.4) is 0 Å². The second-order valence-electron chi connectivity index (χ2n) is 4.68. The van der Waals surface area contributed by atoms with Crippen LogP contribution in [-0.2, 0) is 18.6 Å². The summed E-state index contributed by atoms with van der Waals surface area (Å²) in [5, 5.41) is 0. The highest BCUT2D eigenvalue weighted by Gasteiger charge is 2.40. The minimum atomic E-state index is -4.75. The highest BCUT2D eigenvalue weighted by atomic mass is 31.2. The molecule has 0 aromatic heterocycles. The molecule has 0 aliphatic heterocycles. The lowest BCUT2D eigenvalue weighted by Crippen LogP contribution is -2.37. The van der Waals surface area contributed by atoms with Gasteiger partial charge in [0.1, 0.15) is 0 Å². The number of carbonyl (C=O) groups excluding carboxylic acids is 1. The Morgan fingerprint density at radius 1 is 1.20 bits per heavy atom. The molecule has 2 N–H and O–H groups in total. The molecule has 0 rings (SSSR count). The predicted molar refractivity (Wildman–Crippen MR) is 75.8 cm³/mol. The monoisotopic (exact) mass is 308 g/mol. The highest BCUT2D eigenvalue weighted by Crippen LogP contribution is 2.45. The molecule has 0 aromatic rings. The summed E-state index contributed by atoms with van der Waals surface area (Å²) in [5.74, 6) is -2.32. The van der Waals surface area contributed by atoms with Crippen molar-refractivity contribution in [3.8, 4) is 0 Å². The molecule has 20 heavy (non-hydrogen) atoms. The number of rotatable bonds is 11. The number of ether oxygens (including phenoxy) is 1. The zero-order valence-electron chi connectivity index (χ0n) is 12.2. The van der Waals surface area contributed by atoms with E-state index in [0.29, 0.717) is 12.8 Å². The van der Waals surface area contributed by atoms with Crippen LogP contribution in [0.25, 0.3) is 0 Å². The van der Waals surface area contributed by atoms with E-state index in [9.17, 15) is 9.36 Å². The molecule has 0 bridgehead atoms. The van der Waals surface area contributed by atoms with Gasteiger partial charge in [-0.2, -0.15) is 0 Å². The van der Waals surface area contributed by atoms with E-state index in [4.69, 9.17) is 19.0 Å². The first-order valence-corrected chi connectivity index (χ1v) is 8.43. The van der Waals surface area contributed by atoms with Gasteiger partial charge in [0.05, 0.1) is 0 Å². The van der Waals surface area contributed by atoms with Gasteiger partial charge in [0.2, 0.25) is 5.79 Å². The van der Waals surface area contributed by atoms with Crippen LogP contribution < -0.4 is 0 Å². The molecule has 0 aliphatic rings. The SMILES string of the molecule is C=CC(=O)OC(CCCC)(CCCCC)OP(=O)(O)O. The number of carbonyl (C=O) groups is 1. The number of phosphoric acid groups is 1. The molecule has 0 aromatic carbocycles. The van der Waals surface area contributed by atoms with Crippen molar-refractivity contribution in [3.63, 3.8) is 0 Å². The molecule has 0 spiro atoms. The topological polar surface area (TPSA) is 93.1 Å². The first kappa shape index (κ1) is 19.3. The average molecular weight is 308 g/mol. The van der Waals surface area contributed by atoms with Crippen molar-refractivity contribution in [1.82, 2.24) is 0 Å². The number of hydrogen-bond acceptors (Lipinski definition) is 4. The van der Waals surface area contributed by atoms with E-state index >= 15 is 0 Å². The average Bonchev–Trinajstić information content (AvgIpc) is 2.34. The van der Waals surface area contributed by atoms with Crippen LogP contribution >= 0.6 is 7.82 Å². The van der Waals surface area contributed by atoms with E-state index in [0.717, 1.165) is 25.3 Å². The summed E-state index contributed by atoms with van der Waals surface area (Å²) in [5.41, 5.74) is 0. The molecule has 0 amide bonds. The highest BCUT2D eigenvalue weighted by molar-refractivity contribution is 7.46. The maximum absolute atomic E-state index is 11.4. The van der Waals surface area contributed by atoms with Gasteiger partial charge in [0.25, 0.3) is 0 Å². The predicted octanol–water partition coefficient (Wildman–Crippen LogP) is 3.29. The fourth-order valence-electron chi connectivity index (χ4n) is 1.87. The molecule has 0 radical (unpaired) electrons. The molecule has 118 valence electrons. The molecule has 0 saturated carbocycles. The molecule has 0 fully saturated rings. The molecule has 0 heterocycles. The molecule has 1 atom stereocenters. The van der Waals surface area contributed by atoms with Crippen molar-refractivity contribution in [2.75, 3.05) is 0 Å². The fraction of sp³-hybridized carbons (Fsp3) is 0.769. The van der Waals surface area contributed by atoms with Crippen molar-refractivity contribution < 1.29 is 28.4 Å². The van der Waals surface area contributed by atoms with Gasteiger partial charge in [0, 0.05) is 18.9 Å². The van der Waals surface area contributed by atoms with Crippen LogP contribution in [0.5, 0.6) is 0 Å². The molecule has 7 heteroatoms. The summed E-state index contributed by atoms with van der Waals surface area (Å²) < 4.78 is 21.1. The van der Waals surface area contributed by atoms with Gasteiger partial charge < -0.3 is 14.5 Å². The van der Waals surface area contributed by atoms with Gasteiger partial charge in [-0.3, -0.25) is 0 Å².